The molecule has 1 aliphatic heterocycles. The fraction of sp³-hybridized carbons (Fsp3) is 0.586. The number of hydrogen-bond acceptors (Lipinski definition) is 5. The van der Waals surface area contributed by atoms with E-state index in [0.29, 0.717) is 32.2 Å². The lowest BCUT2D eigenvalue weighted by Crippen LogP contribution is -2.49. The van der Waals surface area contributed by atoms with Gasteiger partial charge in [0, 0.05) is 37.6 Å². The maximum Gasteiger partial charge on any atom is 0.242 e. The predicted molar refractivity (Wildman–Crippen MR) is 144 cm³/mol. The fourth-order valence-corrected chi connectivity index (χ4v) is 6.28. The zero-order chi connectivity index (χ0) is 25.5. The van der Waals surface area contributed by atoms with Crippen LogP contribution < -0.4 is 4.74 Å². The highest BCUT2D eigenvalue weighted by atomic mass is 32.1. The maximum atomic E-state index is 13.7. The Bertz CT molecular complexity index is 997. The van der Waals surface area contributed by atoms with Gasteiger partial charge in [0.2, 0.25) is 11.8 Å². The maximum absolute atomic E-state index is 13.7. The van der Waals surface area contributed by atoms with E-state index >= 15 is 0 Å². The summed E-state index contributed by atoms with van der Waals surface area (Å²) in [5.74, 6) is 1.46. The molecule has 1 aromatic heterocycles. The number of hydrogen-bond donors (Lipinski definition) is 0. The Hall–Kier alpha value is -2.38. The van der Waals surface area contributed by atoms with Gasteiger partial charge in [-0.1, -0.05) is 38.8 Å². The fourth-order valence-electron chi connectivity index (χ4n) is 5.35. The van der Waals surface area contributed by atoms with Crippen LogP contribution in [0.3, 0.4) is 0 Å². The second-order valence-corrected chi connectivity index (χ2v) is 11.3. The molecule has 0 N–H and O–H groups in total. The van der Waals surface area contributed by atoms with E-state index in [9.17, 15) is 9.59 Å². The molecule has 0 spiro atoms. The van der Waals surface area contributed by atoms with Crippen molar-refractivity contribution in [2.24, 2.45) is 5.92 Å². The van der Waals surface area contributed by atoms with E-state index in [4.69, 9.17) is 9.47 Å². The Balaban J connectivity index is 1.47. The number of carbonyl (C=O) groups excluding carboxylic acids is 2. The molecule has 7 heteroatoms. The van der Waals surface area contributed by atoms with E-state index in [1.807, 2.05) is 17.0 Å². The minimum atomic E-state index is -0.153. The molecule has 2 heterocycles. The van der Waals surface area contributed by atoms with Gasteiger partial charge in [0.1, 0.15) is 12.4 Å². The Morgan fingerprint density at radius 3 is 2.58 bits per heavy atom. The number of methoxy groups -OCH3 is 1. The number of ether oxygens (including phenoxy) is 2. The highest BCUT2D eigenvalue weighted by Gasteiger charge is 2.35. The number of amides is 2. The van der Waals surface area contributed by atoms with Crippen molar-refractivity contribution in [3.8, 4) is 5.75 Å². The lowest BCUT2D eigenvalue weighted by Gasteiger charge is -2.37. The van der Waals surface area contributed by atoms with Crippen molar-refractivity contribution in [1.82, 2.24) is 9.80 Å². The van der Waals surface area contributed by atoms with Gasteiger partial charge in [-0.2, -0.15) is 0 Å². The van der Waals surface area contributed by atoms with Crippen molar-refractivity contribution in [1.29, 1.82) is 0 Å². The van der Waals surface area contributed by atoms with Crippen molar-refractivity contribution in [3.63, 3.8) is 0 Å². The van der Waals surface area contributed by atoms with E-state index < -0.39 is 0 Å². The third kappa shape index (κ3) is 6.48. The standard InChI is InChI=1S/C29H40N2O4S/c1-21(2)22-9-11-24(12-10-22)35-20-26-25-14-18-36-27(25)13-16-31(26)28(32)19-30(15-6-17-34-3)29(33)23-7-4-5-8-23/h9-12,14,18,21,23,26H,4-8,13,15-17,19-20H2,1-3H3/t26-/m1/s1. The molecular formula is C29H40N2O4S. The highest BCUT2D eigenvalue weighted by Crippen LogP contribution is 2.34. The molecule has 0 bridgehead atoms. The number of carbonyl (C=O) groups is 2. The van der Waals surface area contributed by atoms with Crippen LogP contribution in [0.25, 0.3) is 0 Å². The van der Waals surface area contributed by atoms with Gasteiger partial charge in [0.25, 0.3) is 0 Å². The lowest BCUT2D eigenvalue weighted by molar-refractivity contribution is -0.144. The zero-order valence-electron chi connectivity index (χ0n) is 21.9. The van der Waals surface area contributed by atoms with Crippen molar-refractivity contribution >= 4 is 23.2 Å². The number of benzene rings is 1. The lowest BCUT2D eigenvalue weighted by atomic mass is 10.00. The van der Waals surface area contributed by atoms with Gasteiger partial charge in [-0.3, -0.25) is 9.59 Å². The van der Waals surface area contributed by atoms with Crippen LogP contribution >= 0.6 is 11.3 Å². The average molecular weight is 513 g/mol. The van der Waals surface area contributed by atoms with Crippen molar-refractivity contribution in [3.05, 3.63) is 51.7 Å². The first kappa shape index (κ1) is 26.7. The Morgan fingerprint density at radius 1 is 1.14 bits per heavy atom. The molecule has 1 aliphatic carbocycles. The Morgan fingerprint density at radius 2 is 1.89 bits per heavy atom. The van der Waals surface area contributed by atoms with Crippen LogP contribution in [0.5, 0.6) is 5.75 Å². The molecular weight excluding hydrogens is 472 g/mol. The van der Waals surface area contributed by atoms with Gasteiger partial charge in [0.05, 0.1) is 12.6 Å². The monoisotopic (exact) mass is 512 g/mol. The molecule has 196 valence electrons. The molecule has 0 radical (unpaired) electrons. The smallest absolute Gasteiger partial charge is 0.242 e. The van der Waals surface area contributed by atoms with Crippen LogP contribution in [0.4, 0.5) is 0 Å². The molecule has 0 unspecified atom stereocenters. The summed E-state index contributed by atoms with van der Waals surface area (Å²) in [6.07, 6.45) is 5.64. The van der Waals surface area contributed by atoms with E-state index in [1.165, 1.54) is 16.0 Å². The summed E-state index contributed by atoms with van der Waals surface area (Å²) in [7, 11) is 1.67. The van der Waals surface area contributed by atoms with Crippen molar-refractivity contribution in [2.45, 2.75) is 64.3 Å². The third-order valence-electron chi connectivity index (χ3n) is 7.49. The van der Waals surface area contributed by atoms with Crippen LogP contribution in [-0.4, -0.2) is 61.6 Å². The predicted octanol–water partition coefficient (Wildman–Crippen LogP) is 5.43. The molecule has 6 nitrogen and oxygen atoms in total. The van der Waals surface area contributed by atoms with E-state index in [2.05, 4.69) is 37.4 Å². The van der Waals surface area contributed by atoms with Crippen LogP contribution in [0, 0.1) is 5.92 Å². The summed E-state index contributed by atoms with van der Waals surface area (Å²) in [6, 6.07) is 10.2. The summed E-state index contributed by atoms with van der Waals surface area (Å²) in [5, 5.41) is 2.10. The van der Waals surface area contributed by atoms with Gasteiger partial charge in [0.15, 0.2) is 0 Å². The first-order chi connectivity index (χ1) is 17.5. The van der Waals surface area contributed by atoms with Gasteiger partial charge in [-0.15, -0.1) is 11.3 Å². The van der Waals surface area contributed by atoms with Crippen molar-refractivity contribution < 1.29 is 19.1 Å². The first-order valence-corrected chi connectivity index (χ1v) is 14.2. The van der Waals surface area contributed by atoms with Gasteiger partial charge < -0.3 is 19.3 Å². The molecule has 1 aromatic carbocycles. The summed E-state index contributed by atoms with van der Waals surface area (Å²) >= 11 is 1.75. The number of thiophene rings is 1. The normalized spacial score (nSPS) is 17.9. The molecule has 1 saturated carbocycles. The van der Waals surface area contributed by atoms with Crippen LogP contribution in [-0.2, 0) is 20.7 Å². The van der Waals surface area contributed by atoms with Crippen molar-refractivity contribution in [2.75, 3.05) is 40.0 Å². The van der Waals surface area contributed by atoms with Gasteiger partial charge >= 0.3 is 0 Å². The summed E-state index contributed by atoms with van der Waals surface area (Å²) in [4.78, 5) is 32.0. The molecule has 2 aliphatic rings. The quantitative estimate of drug-likeness (QED) is 0.377. The van der Waals surface area contributed by atoms with Crippen LogP contribution in [0.1, 0.15) is 73.9 Å². The third-order valence-corrected chi connectivity index (χ3v) is 8.49. The number of rotatable bonds is 11. The molecule has 4 rings (SSSR count). The molecule has 1 atom stereocenters. The highest BCUT2D eigenvalue weighted by molar-refractivity contribution is 7.10. The molecule has 0 saturated heterocycles. The SMILES string of the molecule is COCCCN(CC(=O)N1CCc2sccc2[C@H]1COc1ccc(C(C)C)cc1)C(=O)C1CCCC1. The molecule has 2 aromatic rings. The topological polar surface area (TPSA) is 59.1 Å². The van der Waals surface area contributed by atoms with E-state index in [1.54, 1.807) is 23.3 Å². The number of fused-ring (bicyclic) bond motifs is 1. The molecule has 36 heavy (non-hydrogen) atoms. The molecule has 2 amide bonds. The second kappa shape index (κ2) is 12.7. The Kier molecular flexibility index (Phi) is 9.43. The zero-order valence-corrected chi connectivity index (χ0v) is 22.7. The Labute approximate surface area is 219 Å². The average Bonchev–Trinajstić information content (AvgIpc) is 3.59. The van der Waals surface area contributed by atoms with E-state index in [0.717, 1.165) is 44.3 Å². The summed E-state index contributed by atoms with van der Waals surface area (Å²) in [6.45, 7) is 6.66. The minimum absolute atomic E-state index is 0.000584. The first-order valence-electron chi connectivity index (χ1n) is 13.3. The molecule has 1 fully saturated rings. The number of nitrogens with zero attached hydrogens (tertiary/aromatic N) is 2. The second-order valence-electron chi connectivity index (χ2n) is 10.3. The van der Waals surface area contributed by atoms with Gasteiger partial charge in [-0.25, -0.2) is 0 Å². The van der Waals surface area contributed by atoms with E-state index in [-0.39, 0.29) is 30.3 Å². The van der Waals surface area contributed by atoms with Crippen LogP contribution in [0.2, 0.25) is 0 Å². The summed E-state index contributed by atoms with van der Waals surface area (Å²) in [5.41, 5.74) is 2.45. The van der Waals surface area contributed by atoms with Gasteiger partial charge in [-0.05, 0) is 66.3 Å². The summed E-state index contributed by atoms with van der Waals surface area (Å²) < 4.78 is 11.4. The largest absolute Gasteiger partial charge is 0.491 e. The minimum Gasteiger partial charge on any atom is -0.491 e. The van der Waals surface area contributed by atoms with Crippen LogP contribution in [0.15, 0.2) is 35.7 Å².